The van der Waals surface area contributed by atoms with Gasteiger partial charge in [-0.05, 0) is 30.5 Å². The molecule has 0 atom stereocenters. The average molecular weight is 404 g/mol. The number of amides is 1. The number of benzene rings is 2. The van der Waals surface area contributed by atoms with Gasteiger partial charge in [-0.1, -0.05) is 12.1 Å². The number of rotatable bonds is 6. The van der Waals surface area contributed by atoms with Crippen molar-refractivity contribution in [2.75, 3.05) is 37.5 Å². The lowest BCUT2D eigenvalue weighted by Crippen LogP contribution is -2.20. The highest BCUT2D eigenvalue weighted by molar-refractivity contribution is 6.04. The molecule has 1 saturated heterocycles. The monoisotopic (exact) mass is 404 g/mol. The Morgan fingerprint density at radius 2 is 1.50 bits per heavy atom. The lowest BCUT2D eigenvalue weighted by Gasteiger charge is -2.14. The molecule has 7 heteroatoms. The summed E-state index contributed by atoms with van der Waals surface area (Å²) in [5.74, 6) is 1.79. The molecular formula is C23H24N4O3. The summed E-state index contributed by atoms with van der Waals surface area (Å²) in [4.78, 5) is 23.8. The van der Waals surface area contributed by atoms with Crippen LogP contribution in [-0.2, 0) is 0 Å². The molecule has 1 aromatic heterocycles. The van der Waals surface area contributed by atoms with E-state index in [1.165, 1.54) is 12.8 Å². The predicted octanol–water partition coefficient (Wildman–Crippen LogP) is 4.01. The topological polar surface area (TPSA) is 76.6 Å². The van der Waals surface area contributed by atoms with Crippen LogP contribution in [0.25, 0.3) is 11.1 Å². The van der Waals surface area contributed by atoms with Crippen molar-refractivity contribution < 1.29 is 14.3 Å². The van der Waals surface area contributed by atoms with E-state index in [1.54, 1.807) is 44.6 Å². The van der Waals surface area contributed by atoms with Crippen molar-refractivity contribution >= 4 is 17.5 Å². The largest absolute Gasteiger partial charge is 0.497 e. The Hall–Kier alpha value is -3.61. The van der Waals surface area contributed by atoms with E-state index in [0.717, 1.165) is 30.2 Å². The number of aromatic nitrogens is 2. The van der Waals surface area contributed by atoms with Crippen molar-refractivity contribution in [1.29, 1.82) is 0 Å². The fraction of sp³-hybridized carbons (Fsp3) is 0.261. The molecule has 3 aromatic rings. The van der Waals surface area contributed by atoms with Gasteiger partial charge in [0.05, 0.1) is 14.2 Å². The Bertz CT molecular complexity index is 991. The van der Waals surface area contributed by atoms with Crippen molar-refractivity contribution in [3.8, 4) is 22.6 Å². The van der Waals surface area contributed by atoms with Gasteiger partial charge in [0.15, 0.2) is 0 Å². The van der Waals surface area contributed by atoms with Crippen LogP contribution in [0, 0.1) is 0 Å². The molecule has 2 heterocycles. The summed E-state index contributed by atoms with van der Waals surface area (Å²) >= 11 is 0. The highest BCUT2D eigenvalue weighted by Crippen LogP contribution is 2.26. The van der Waals surface area contributed by atoms with Crippen LogP contribution >= 0.6 is 0 Å². The first kappa shape index (κ1) is 19.7. The minimum atomic E-state index is -0.211. The third kappa shape index (κ3) is 4.35. The second-order valence-corrected chi connectivity index (χ2v) is 7.10. The van der Waals surface area contributed by atoms with E-state index in [9.17, 15) is 4.79 Å². The van der Waals surface area contributed by atoms with E-state index in [1.807, 2.05) is 24.5 Å². The number of carbonyl (C=O) groups is 1. The van der Waals surface area contributed by atoms with E-state index >= 15 is 0 Å². The Morgan fingerprint density at radius 1 is 0.900 bits per heavy atom. The summed E-state index contributed by atoms with van der Waals surface area (Å²) in [6, 6.07) is 12.6. The van der Waals surface area contributed by atoms with Crippen molar-refractivity contribution in [3.05, 3.63) is 60.4 Å². The first-order valence-corrected chi connectivity index (χ1v) is 9.88. The first-order chi connectivity index (χ1) is 14.7. The molecule has 1 aliphatic heterocycles. The molecule has 1 aliphatic rings. The fourth-order valence-electron chi connectivity index (χ4n) is 3.45. The smallest absolute Gasteiger partial charge is 0.255 e. The minimum absolute atomic E-state index is 0.211. The van der Waals surface area contributed by atoms with E-state index in [0.29, 0.717) is 22.7 Å². The zero-order valence-electron chi connectivity index (χ0n) is 17.1. The normalized spacial score (nSPS) is 13.2. The Morgan fingerprint density at radius 3 is 2.07 bits per heavy atom. The van der Waals surface area contributed by atoms with E-state index in [-0.39, 0.29) is 5.91 Å². The van der Waals surface area contributed by atoms with Gasteiger partial charge in [-0.15, -0.1) is 0 Å². The fourth-order valence-corrected chi connectivity index (χ4v) is 3.45. The SMILES string of the molecule is COc1cc(NC(=O)c2ccc(-c3cnc(N4CCCC4)nc3)cc2)cc(OC)c1. The third-order valence-electron chi connectivity index (χ3n) is 5.12. The lowest BCUT2D eigenvalue weighted by molar-refractivity contribution is 0.102. The molecule has 1 N–H and O–H groups in total. The van der Waals surface area contributed by atoms with Gasteiger partial charge in [0.1, 0.15) is 11.5 Å². The summed E-state index contributed by atoms with van der Waals surface area (Å²) in [6.45, 7) is 2.03. The number of carbonyl (C=O) groups excluding carboxylic acids is 1. The summed E-state index contributed by atoms with van der Waals surface area (Å²) in [5.41, 5.74) is 3.03. The second-order valence-electron chi connectivity index (χ2n) is 7.10. The van der Waals surface area contributed by atoms with Gasteiger partial charge in [-0.2, -0.15) is 0 Å². The quantitative estimate of drug-likeness (QED) is 0.669. The van der Waals surface area contributed by atoms with E-state index in [4.69, 9.17) is 9.47 Å². The van der Waals surface area contributed by atoms with Crippen LogP contribution < -0.4 is 19.7 Å². The summed E-state index contributed by atoms with van der Waals surface area (Å²) in [7, 11) is 3.14. The molecule has 0 unspecified atom stereocenters. The molecular weight excluding hydrogens is 380 g/mol. The van der Waals surface area contributed by atoms with Crippen molar-refractivity contribution in [2.45, 2.75) is 12.8 Å². The van der Waals surface area contributed by atoms with Gasteiger partial charge >= 0.3 is 0 Å². The molecule has 2 aromatic carbocycles. The highest BCUT2D eigenvalue weighted by atomic mass is 16.5. The van der Waals surface area contributed by atoms with Crippen molar-refractivity contribution in [2.24, 2.45) is 0 Å². The van der Waals surface area contributed by atoms with Crippen LogP contribution in [-0.4, -0.2) is 43.2 Å². The lowest BCUT2D eigenvalue weighted by atomic mass is 10.1. The maximum absolute atomic E-state index is 12.6. The summed E-state index contributed by atoms with van der Waals surface area (Å²) in [6.07, 6.45) is 6.05. The zero-order valence-corrected chi connectivity index (χ0v) is 17.1. The predicted molar refractivity (Wildman–Crippen MR) is 116 cm³/mol. The van der Waals surface area contributed by atoms with Crippen LogP contribution in [0.1, 0.15) is 23.2 Å². The van der Waals surface area contributed by atoms with Crippen LogP contribution in [0.3, 0.4) is 0 Å². The van der Waals surface area contributed by atoms with Crippen LogP contribution in [0.5, 0.6) is 11.5 Å². The standard InChI is InChI=1S/C23H24N4O3/c1-29-20-11-19(12-21(13-20)30-2)26-22(28)17-7-5-16(6-8-17)18-14-24-23(25-15-18)27-9-3-4-10-27/h5-8,11-15H,3-4,9-10H2,1-2H3,(H,26,28). The summed E-state index contributed by atoms with van der Waals surface area (Å²) in [5, 5.41) is 2.88. The number of anilines is 2. The van der Waals surface area contributed by atoms with Gasteiger partial charge in [0, 0.05) is 60.5 Å². The molecule has 7 nitrogen and oxygen atoms in total. The van der Waals surface area contributed by atoms with Gasteiger partial charge in [0.2, 0.25) is 5.95 Å². The molecule has 30 heavy (non-hydrogen) atoms. The number of methoxy groups -OCH3 is 2. The Balaban J connectivity index is 1.46. The molecule has 0 spiro atoms. The van der Waals surface area contributed by atoms with Crippen LogP contribution in [0.4, 0.5) is 11.6 Å². The van der Waals surface area contributed by atoms with Gasteiger partial charge < -0.3 is 19.7 Å². The maximum atomic E-state index is 12.6. The molecule has 154 valence electrons. The molecule has 1 amide bonds. The number of nitrogens with zero attached hydrogens (tertiary/aromatic N) is 3. The third-order valence-corrected chi connectivity index (χ3v) is 5.12. The molecule has 0 radical (unpaired) electrons. The van der Waals surface area contributed by atoms with Crippen molar-refractivity contribution in [3.63, 3.8) is 0 Å². The first-order valence-electron chi connectivity index (χ1n) is 9.88. The van der Waals surface area contributed by atoms with Crippen LogP contribution in [0.15, 0.2) is 54.9 Å². The van der Waals surface area contributed by atoms with Gasteiger partial charge in [0.25, 0.3) is 5.91 Å². The van der Waals surface area contributed by atoms with Crippen LogP contribution in [0.2, 0.25) is 0 Å². The Kier molecular flexibility index (Phi) is 5.79. The van der Waals surface area contributed by atoms with E-state index < -0.39 is 0 Å². The number of ether oxygens (including phenoxy) is 2. The minimum Gasteiger partial charge on any atom is -0.497 e. The van der Waals surface area contributed by atoms with Gasteiger partial charge in [-0.25, -0.2) is 9.97 Å². The number of hydrogen-bond donors (Lipinski definition) is 1. The molecule has 0 bridgehead atoms. The molecule has 0 saturated carbocycles. The molecule has 0 aliphatic carbocycles. The maximum Gasteiger partial charge on any atom is 0.255 e. The second kappa shape index (κ2) is 8.82. The zero-order chi connectivity index (χ0) is 20.9. The average Bonchev–Trinajstić information content (AvgIpc) is 3.34. The summed E-state index contributed by atoms with van der Waals surface area (Å²) < 4.78 is 10.5. The molecule has 4 rings (SSSR count). The number of nitrogens with one attached hydrogen (secondary N) is 1. The Labute approximate surface area is 175 Å². The van der Waals surface area contributed by atoms with Gasteiger partial charge in [-0.3, -0.25) is 4.79 Å². The molecule has 1 fully saturated rings. The highest BCUT2D eigenvalue weighted by Gasteiger charge is 2.15. The van der Waals surface area contributed by atoms with Crippen molar-refractivity contribution in [1.82, 2.24) is 9.97 Å². The number of hydrogen-bond acceptors (Lipinski definition) is 6. The van der Waals surface area contributed by atoms with E-state index in [2.05, 4.69) is 20.2 Å².